The van der Waals surface area contributed by atoms with Crippen molar-refractivity contribution in [2.24, 2.45) is 5.92 Å². The first-order valence-electron chi connectivity index (χ1n) is 7.86. The van der Waals surface area contributed by atoms with Crippen molar-refractivity contribution in [2.45, 2.75) is 29.6 Å². The van der Waals surface area contributed by atoms with E-state index in [1.807, 2.05) is 24.3 Å². The normalized spacial score (nSPS) is 16.0. The molecule has 1 N–H and O–H groups in total. The number of nitriles is 1. The summed E-state index contributed by atoms with van der Waals surface area (Å²) in [5, 5.41) is 11.9. The molecule has 1 aromatic carbocycles. The molecule has 0 saturated heterocycles. The lowest BCUT2D eigenvalue weighted by atomic mass is 9.98. The van der Waals surface area contributed by atoms with Crippen LogP contribution in [0.15, 0.2) is 28.6 Å². The standard InChI is InChI=1S/C17H17N3O3S2/c1-17(10-18,11-6-7-11)20-14(21)8-23-15(22)9-24-16-19-12-4-2-3-5-13(12)25-16/h2-5,11H,6-9H2,1H3,(H,20,21)/t17-/m1/s1. The van der Waals surface area contributed by atoms with Gasteiger partial charge < -0.3 is 10.1 Å². The van der Waals surface area contributed by atoms with E-state index < -0.39 is 17.4 Å². The maximum Gasteiger partial charge on any atom is 0.316 e. The summed E-state index contributed by atoms with van der Waals surface area (Å²) in [7, 11) is 0. The van der Waals surface area contributed by atoms with E-state index in [2.05, 4.69) is 16.4 Å². The van der Waals surface area contributed by atoms with Gasteiger partial charge in [-0.1, -0.05) is 23.9 Å². The quantitative estimate of drug-likeness (QED) is 0.591. The minimum absolute atomic E-state index is 0.0885. The van der Waals surface area contributed by atoms with Gasteiger partial charge in [0.15, 0.2) is 10.9 Å². The molecule has 6 nitrogen and oxygen atoms in total. The van der Waals surface area contributed by atoms with E-state index in [1.54, 1.807) is 6.92 Å². The summed E-state index contributed by atoms with van der Waals surface area (Å²) in [6.07, 6.45) is 1.87. The average Bonchev–Trinajstić information content (AvgIpc) is 3.38. The summed E-state index contributed by atoms with van der Waals surface area (Å²) >= 11 is 2.80. The maximum atomic E-state index is 11.9. The molecule has 0 aliphatic heterocycles. The number of hydrogen-bond donors (Lipinski definition) is 1. The molecule has 1 aromatic heterocycles. The van der Waals surface area contributed by atoms with E-state index >= 15 is 0 Å². The molecule has 0 spiro atoms. The van der Waals surface area contributed by atoms with E-state index in [4.69, 9.17) is 4.74 Å². The minimum atomic E-state index is -0.876. The summed E-state index contributed by atoms with van der Waals surface area (Å²) < 4.78 is 6.83. The van der Waals surface area contributed by atoms with Gasteiger partial charge in [0.1, 0.15) is 5.54 Å². The van der Waals surface area contributed by atoms with Crippen LogP contribution in [0.25, 0.3) is 10.2 Å². The lowest BCUT2D eigenvalue weighted by Gasteiger charge is -2.22. The lowest BCUT2D eigenvalue weighted by molar-refractivity contribution is -0.146. The molecule has 3 rings (SSSR count). The number of carbonyl (C=O) groups excluding carboxylic acids is 2. The Morgan fingerprint density at radius 2 is 2.24 bits per heavy atom. The van der Waals surface area contributed by atoms with E-state index in [0.717, 1.165) is 27.4 Å². The number of nitrogens with one attached hydrogen (secondary N) is 1. The van der Waals surface area contributed by atoms with Crippen molar-refractivity contribution in [3.8, 4) is 6.07 Å². The molecular weight excluding hydrogens is 358 g/mol. The van der Waals surface area contributed by atoms with Gasteiger partial charge in [-0.3, -0.25) is 9.59 Å². The molecule has 1 saturated carbocycles. The Morgan fingerprint density at radius 3 is 2.92 bits per heavy atom. The number of nitrogens with zero attached hydrogens (tertiary/aromatic N) is 2. The number of benzene rings is 1. The van der Waals surface area contributed by atoms with Gasteiger partial charge >= 0.3 is 5.97 Å². The molecule has 0 bridgehead atoms. The van der Waals surface area contributed by atoms with Crippen LogP contribution in [-0.4, -0.2) is 34.8 Å². The number of fused-ring (bicyclic) bond motifs is 1. The van der Waals surface area contributed by atoms with Crippen LogP contribution in [-0.2, 0) is 14.3 Å². The Balaban J connectivity index is 1.43. The van der Waals surface area contributed by atoms with Gasteiger partial charge in [-0.25, -0.2) is 4.98 Å². The molecule has 0 radical (unpaired) electrons. The number of hydrogen-bond acceptors (Lipinski definition) is 7. The van der Waals surface area contributed by atoms with Crippen LogP contribution in [0.2, 0.25) is 0 Å². The number of amides is 1. The monoisotopic (exact) mass is 375 g/mol. The Morgan fingerprint density at radius 1 is 1.48 bits per heavy atom. The first-order valence-corrected chi connectivity index (χ1v) is 9.66. The van der Waals surface area contributed by atoms with Gasteiger partial charge in [-0.15, -0.1) is 11.3 Å². The fourth-order valence-corrected chi connectivity index (χ4v) is 4.30. The molecule has 1 aliphatic carbocycles. The molecule has 25 heavy (non-hydrogen) atoms. The van der Waals surface area contributed by atoms with Gasteiger partial charge in [0.2, 0.25) is 0 Å². The number of thiazole rings is 1. The van der Waals surface area contributed by atoms with E-state index in [0.29, 0.717) is 0 Å². The smallest absolute Gasteiger partial charge is 0.316 e. The number of esters is 1. The topological polar surface area (TPSA) is 92.1 Å². The number of carbonyl (C=O) groups is 2. The summed E-state index contributed by atoms with van der Waals surface area (Å²) in [6.45, 7) is 1.33. The van der Waals surface area contributed by atoms with Crippen molar-refractivity contribution in [1.82, 2.24) is 10.3 Å². The van der Waals surface area contributed by atoms with Crippen LogP contribution in [0.5, 0.6) is 0 Å². The molecule has 1 heterocycles. The molecule has 130 valence electrons. The van der Waals surface area contributed by atoms with Gasteiger partial charge in [-0.05, 0) is 37.8 Å². The van der Waals surface area contributed by atoms with Crippen LogP contribution >= 0.6 is 23.1 Å². The summed E-state index contributed by atoms with van der Waals surface area (Å²) in [6, 6.07) is 9.89. The van der Waals surface area contributed by atoms with Gasteiger partial charge in [0, 0.05) is 0 Å². The maximum absolute atomic E-state index is 11.9. The largest absolute Gasteiger partial charge is 0.455 e. The van der Waals surface area contributed by atoms with Crippen molar-refractivity contribution in [3.63, 3.8) is 0 Å². The Bertz CT molecular complexity index is 808. The molecule has 1 amide bonds. The predicted octanol–water partition coefficient (Wildman–Crippen LogP) is 2.74. The Kier molecular flexibility index (Phi) is 5.25. The number of ether oxygens (including phenoxy) is 1. The summed E-state index contributed by atoms with van der Waals surface area (Å²) in [5.41, 5.74) is 0.0257. The van der Waals surface area contributed by atoms with Gasteiger partial charge in [-0.2, -0.15) is 5.26 Å². The highest BCUT2D eigenvalue weighted by Gasteiger charge is 2.43. The van der Waals surface area contributed by atoms with Crippen molar-refractivity contribution < 1.29 is 14.3 Å². The zero-order valence-corrected chi connectivity index (χ0v) is 15.3. The fourth-order valence-electron chi connectivity index (χ4n) is 2.43. The molecule has 0 unspecified atom stereocenters. The fraction of sp³-hybridized carbons (Fsp3) is 0.412. The highest BCUT2D eigenvalue weighted by atomic mass is 32.2. The second-order valence-electron chi connectivity index (χ2n) is 6.03. The van der Waals surface area contributed by atoms with E-state index in [1.165, 1.54) is 23.1 Å². The minimum Gasteiger partial charge on any atom is -0.455 e. The SMILES string of the molecule is C[C@](C#N)(NC(=O)COC(=O)CSc1nc2ccccc2s1)C1CC1. The van der Waals surface area contributed by atoms with Crippen LogP contribution in [0.4, 0.5) is 0 Å². The second-order valence-corrected chi connectivity index (χ2v) is 8.29. The molecule has 8 heteroatoms. The second kappa shape index (κ2) is 7.42. The van der Waals surface area contributed by atoms with Crippen molar-refractivity contribution in [1.29, 1.82) is 5.26 Å². The Labute approximate surface area is 153 Å². The molecule has 1 aliphatic rings. The average molecular weight is 375 g/mol. The molecular formula is C17H17N3O3S2. The third-order valence-electron chi connectivity index (χ3n) is 3.98. The third kappa shape index (κ3) is 4.50. The first-order chi connectivity index (χ1) is 12.0. The number of rotatable bonds is 7. The van der Waals surface area contributed by atoms with Crippen LogP contribution < -0.4 is 5.32 Å². The van der Waals surface area contributed by atoms with Crippen molar-refractivity contribution >= 4 is 45.2 Å². The highest BCUT2D eigenvalue weighted by molar-refractivity contribution is 8.01. The Hall–Kier alpha value is -2.11. The third-order valence-corrected chi connectivity index (χ3v) is 6.13. The summed E-state index contributed by atoms with van der Waals surface area (Å²) in [4.78, 5) is 28.1. The molecule has 1 atom stereocenters. The van der Waals surface area contributed by atoms with Crippen LogP contribution in [0.3, 0.4) is 0 Å². The van der Waals surface area contributed by atoms with Gasteiger partial charge in [0.25, 0.3) is 5.91 Å². The zero-order valence-electron chi connectivity index (χ0n) is 13.7. The van der Waals surface area contributed by atoms with Gasteiger partial charge in [0.05, 0.1) is 22.0 Å². The predicted molar refractivity (Wildman–Crippen MR) is 96.2 cm³/mol. The zero-order chi connectivity index (χ0) is 17.9. The summed E-state index contributed by atoms with van der Waals surface area (Å²) in [5.74, 6) is -0.656. The number of thioether (sulfide) groups is 1. The lowest BCUT2D eigenvalue weighted by Crippen LogP contribution is -2.48. The van der Waals surface area contributed by atoms with Crippen LogP contribution in [0, 0.1) is 17.2 Å². The van der Waals surface area contributed by atoms with Crippen molar-refractivity contribution in [3.05, 3.63) is 24.3 Å². The first kappa shape index (κ1) is 17.7. The van der Waals surface area contributed by atoms with Crippen molar-refractivity contribution in [2.75, 3.05) is 12.4 Å². The molecule has 2 aromatic rings. The highest BCUT2D eigenvalue weighted by Crippen LogP contribution is 2.39. The number of para-hydroxylation sites is 1. The molecule has 1 fully saturated rings. The van der Waals surface area contributed by atoms with E-state index in [9.17, 15) is 14.9 Å². The number of aromatic nitrogens is 1. The van der Waals surface area contributed by atoms with Crippen LogP contribution in [0.1, 0.15) is 19.8 Å². The van der Waals surface area contributed by atoms with E-state index in [-0.39, 0.29) is 18.3 Å².